The standard InChI is InChI=1S/C15H17N3O3/c1-3-21-15(20)10(2)17-18-14(19)8-11-9-16-13-7-5-4-6-12(11)13/h4-7,9,16H,3,8H2,1-2H3,(H,18,19)/b17-10+. The number of hydrogen-bond donors (Lipinski definition) is 2. The molecular formula is C15H17N3O3. The molecule has 0 spiro atoms. The van der Waals surface area contributed by atoms with E-state index in [1.165, 1.54) is 6.92 Å². The van der Waals surface area contributed by atoms with E-state index >= 15 is 0 Å². The van der Waals surface area contributed by atoms with Crippen molar-refractivity contribution < 1.29 is 14.3 Å². The monoisotopic (exact) mass is 287 g/mol. The number of carbonyl (C=O) groups is 2. The molecule has 2 N–H and O–H groups in total. The van der Waals surface area contributed by atoms with Gasteiger partial charge in [0.1, 0.15) is 5.71 Å². The Morgan fingerprint density at radius 2 is 2.10 bits per heavy atom. The van der Waals surface area contributed by atoms with Crippen molar-refractivity contribution in [3.8, 4) is 0 Å². The number of benzene rings is 1. The average molecular weight is 287 g/mol. The lowest BCUT2D eigenvalue weighted by molar-refractivity contribution is -0.135. The second kappa shape index (κ2) is 6.69. The topological polar surface area (TPSA) is 83.5 Å². The molecule has 0 aliphatic heterocycles. The minimum Gasteiger partial charge on any atom is -0.461 e. The number of aromatic nitrogens is 1. The summed E-state index contributed by atoms with van der Waals surface area (Å²) in [5.41, 5.74) is 4.33. The van der Waals surface area contributed by atoms with Gasteiger partial charge in [-0.15, -0.1) is 0 Å². The van der Waals surface area contributed by atoms with Crippen molar-refractivity contribution in [1.29, 1.82) is 0 Å². The molecule has 6 heteroatoms. The molecule has 0 aliphatic rings. The number of esters is 1. The molecule has 0 aliphatic carbocycles. The minimum absolute atomic E-state index is 0.115. The van der Waals surface area contributed by atoms with E-state index in [-0.39, 0.29) is 24.6 Å². The van der Waals surface area contributed by atoms with E-state index in [4.69, 9.17) is 4.74 Å². The summed E-state index contributed by atoms with van der Waals surface area (Å²) < 4.78 is 4.77. The maximum Gasteiger partial charge on any atom is 0.354 e. The molecule has 110 valence electrons. The summed E-state index contributed by atoms with van der Waals surface area (Å²) in [7, 11) is 0. The highest BCUT2D eigenvalue weighted by Crippen LogP contribution is 2.17. The second-order valence-electron chi connectivity index (χ2n) is 4.49. The summed E-state index contributed by atoms with van der Waals surface area (Å²) in [4.78, 5) is 26.3. The second-order valence-corrected chi connectivity index (χ2v) is 4.49. The number of H-pyrrole nitrogens is 1. The van der Waals surface area contributed by atoms with Gasteiger partial charge in [-0.3, -0.25) is 4.79 Å². The largest absolute Gasteiger partial charge is 0.461 e. The third kappa shape index (κ3) is 3.68. The van der Waals surface area contributed by atoms with Crippen LogP contribution < -0.4 is 5.43 Å². The highest BCUT2D eigenvalue weighted by atomic mass is 16.5. The fourth-order valence-electron chi connectivity index (χ4n) is 1.92. The summed E-state index contributed by atoms with van der Waals surface area (Å²) >= 11 is 0. The van der Waals surface area contributed by atoms with Crippen LogP contribution in [0.4, 0.5) is 0 Å². The molecule has 1 heterocycles. The molecular weight excluding hydrogens is 270 g/mol. The Kier molecular flexibility index (Phi) is 4.71. The first-order valence-corrected chi connectivity index (χ1v) is 6.67. The Bertz CT molecular complexity index is 688. The van der Waals surface area contributed by atoms with E-state index in [1.807, 2.05) is 24.3 Å². The molecule has 21 heavy (non-hydrogen) atoms. The molecule has 2 rings (SSSR count). The van der Waals surface area contributed by atoms with Gasteiger partial charge in [0.15, 0.2) is 0 Å². The van der Waals surface area contributed by atoms with Crippen LogP contribution in [0.2, 0.25) is 0 Å². The summed E-state index contributed by atoms with van der Waals surface area (Å²) in [5.74, 6) is -0.826. The first kappa shape index (κ1) is 14.8. The molecule has 0 saturated carbocycles. The molecule has 0 saturated heterocycles. The Morgan fingerprint density at radius 3 is 2.86 bits per heavy atom. The molecule has 0 bridgehead atoms. The number of amides is 1. The van der Waals surface area contributed by atoms with Crippen molar-refractivity contribution in [3.05, 3.63) is 36.0 Å². The van der Waals surface area contributed by atoms with Gasteiger partial charge in [0.05, 0.1) is 13.0 Å². The smallest absolute Gasteiger partial charge is 0.354 e. The number of nitrogens with zero attached hydrogens (tertiary/aromatic N) is 1. The third-order valence-corrected chi connectivity index (χ3v) is 2.95. The van der Waals surface area contributed by atoms with Crippen molar-refractivity contribution in [2.24, 2.45) is 5.10 Å². The van der Waals surface area contributed by atoms with Crippen LogP contribution in [0.3, 0.4) is 0 Å². The van der Waals surface area contributed by atoms with E-state index in [0.717, 1.165) is 16.5 Å². The average Bonchev–Trinajstić information content (AvgIpc) is 2.88. The number of hydrazone groups is 1. The SMILES string of the molecule is CCOC(=O)/C(C)=N/NC(=O)Cc1c[nH]c2ccccc12. The van der Waals surface area contributed by atoms with Crippen LogP contribution in [-0.2, 0) is 20.7 Å². The van der Waals surface area contributed by atoms with Crippen LogP contribution in [0.5, 0.6) is 0 Å². The molecule has 1 aromatic heterocycles. The van der Waals surface area contributed by atoms with Gasteiger partial charge in [0.2, 0.25) is 5.91 Å². The van der Waals surface area contributed by atoms with Gasteiger partial charge in [0.25, 0.3) is 0 Å². The first-order valence-electron chi connectivity index (χ1n) is 6.67. The van der Waals surface area contributed by atoms with Gasteiger partial charge < -0.3 is 9.72 Å². The Balaban J connectivity index is 1.99. The molecule has 0 radical (unpaired) electrons. The Hall–Kier alpha value is -2.63. The molecule has 0 unspecified atom stereocenters. The minimum atomic E-state index is -0.537. The van der Waals surface area contributed by atoms with Gasteiger partial charge >= 0.3 is 5.97 Å². The Labute approximate surface area is 122 Å². The predicted molar refractivity (Wildman–Crippen MR) is 79.9 cm³/mol. The van der Waals surface area contributed by atoms with Gasteiger partial charge in [-0.2, -0.15) is 5.10 Å². The Morgan fingerprint density at radius 1 is 1.33 bits per heavy atom. The maximum absolute atomic E-state index is 11.9. The maximum atomic E-state index is 11.9. The lowest BCUT2D eigenvalue weighted by Crippen LogP contribution is -2.24. The fourth-order valence-corrected chi connectivity index (χ4v) is 1.92. The van der Waals surface area contributed by atoms with E-state index in [0.29, 0.717) is 0 Å². The fraction of sp³-hybridized carbons (Fsp3) is 0.267. The number of fused-ring (bicyclic) bond motifs is 1. The number of ether oxygens (including phenoxy) is 1. The number of para-hydroxylation sites is 1. The van der Waals surface area contributed by atoms with E-state index in [2.05, 4.69) is 15.5 Å². The van der Waals surface area contributed by atoms with Crippen LogP contribution in [0, 0.1) is 0 Å². The van der Waals surface area contributed by atoms with Crippen LogP contribution in [0.25, 0.3) is 10.9 Å². The number of hydrogen-bond acceptors (Lipinski definition) is 4. The molecule has 6 nitrogen and oxygen atoms in total. The van der Waals surface area contributed by atoms with Crippen LogP contribution >= 0.6 is 0 Å². The first-order chi connectivity index (χ1) is 10.1. The zero-order chi connectivity index (χ0) is 15.2. The van der Waals surface area contributed by atoms with Gasteiger partial charge in [-0.25, -0.2) is 10.2 Å². The van der Waals surface area contributed by atoms with Crippen molar-refractivity contribution in [2.75, 3.05) is 6.61 Å². The lowest BCUT2D eigenvalue weighted by atomic mass is 10.1. The van der Waals surface area contributed by atoms with Crippen molar-refractivity contribution in [1.82, 2.24) is 10.4 Å². The van der Waals surface area contributed by atoms with Crippen LogP contribution in [0.1, 0.15) is 19.4 Å². The van der Waals surface area contributed by atoms with E-state index in [9.17, 15) is 9.59 Å². The number of aromatic amines is 1. The number of rotatable bonds is 5. The molecule has 1 amide bonds. The van der Waals surface area contributed by atoms with Crippen molar-refractivity contribution >= 4 is 28.5 Å². The van der Waals surface area contributed by atoms with E-state index < -0.39 is 5.97 Å². The molecule has 0 fully saturated rings. The molecule has 0 atom stereocenters. The van der Waals surface area contributed by atoms with Crippen LogP contribution in [0.15, 0.2) is 35.6 Å². The summed E-state index contributed by atoms with van der Waals surface area (Å²) in [6.07, 6.45) is 1.98. The predicted octanol–water partition coefficient (Wildman–Crippen LogP) is 1.77. The molecule has 2 aromatic rings. The highest BCUT2D eigenvalue weighted by molar-refractivity contribution is 6.35. The lowest BCUT2D eigenvalue weighted by Gasteiger charge is -2.02. The zero-order valence-corrected chi connectivity index (χ0v) is 12.0. The van der Waals surface area contributed by atoms with Crippen molar-refractivity contribution in [2.45, 2.75) is 20.3 Å². The third-order valence-electron chi connectivity index (χ3n) is 2.95. The summed E-state index contributed by atoms with van der Waals surface area (Å²) in [6.45, 7) is 3.47. The molecule has 1 aromatic carbocycles. The number of carbonyl (C=O) groups excluding carboxylic acids is 2. The van der Waals surface area contributed by atoms with Gasteiger partial charge in [-0.05, 0) is 25.5 Å². The highest BCUT2D eigenvalue weighted by Gasteiger charge is 2.10. The zero-order valence-electron chi connectivity index (χ0n) is 12.0. The number of nitrogens with one attached hydrogen (secondary N) is 2. The summed E-state index contributed by atoms with van der Waals surface area (Å²) in [6, 6.07) is 7.73. The summed E-state index contributed by atoms with van der Waals surface area (Å²) in [5, 5.41) is 4.73. The van der Waals surface area contributed by atoms with Gasteiger partial charge in [0, 0.05) is 17.1 Å². The quantitative estimate of drug-likeness (QED) is 0.499. The van der Waals surface area contributed by atoms with Crippen LogP contribution in [-0.4, -0.2) is 29.2 Å². The van der Waals surface area contributed by atoms with Gasteiger partial charge in [-0.1, -0.05) is 18.2 Å². The van der Waals surface area contributed by atoms with E-state index in [1.54, 1.807) is 13.1 Å². The normalized spacial score (nSPS) is 11.4. The van der Waals surface area contributed by atoms with Crippen molar-refractivity contribution in [3.63, 3.8) is 0 Å².